The van der Waals surface area contributed by atoms with Crippen molar-refractivity contribution in [3.05, 3.63) is 59.4 Å². The molecule has 4 heteroatoms. The highest BCUT2D eigenvalue weighted by atomic mass is 16.1. The third-order valence-corrected chi connectivity index (χ3v) is 4.10. The number of hydrogen-bond acceptors (Lipinski definition) is 2. The third-order valence-electron chi connectivity index (χ3n) is 4.10. The van der Waals surface area contributed by atoms with E-state index in [9.17, 15) is 4.79 Å². The molecule has 1 aliphatic heterocycles. The second-order valence-corrected chi connectivity index (χ2v) is 5.56. The molecule has 0 atom stereocenters. The molecule has 2 heterocycles. The molecular weight excluding hydrogens is 262 g/mol. The summed E-state index contributed by atoms with van der Waals surface area (Å²) in [6.07, 6.45) is 2.98. The zero-order valence-corrected chi connectivity index (χ0v) is 12.4. The van der Waals surface area contributed by atoms with E-state index < -0.39 is 0 Å². The predicted octanol–water partition coefficient (Wildman–Crippen LogP) is 1.81. The van der Waals surface area contributed by atoms with Crippen LogP contribution in [0.1, 0.15) is 21.6 Å². The fourth-order valence-electron chi connectivity index (χ4n) is 2.86. The van der Waals surface area contributed by atoms with Gasteiger partial charge in [0.2, 0.25) is 0 Å². The quantitative estimate of drug-likeness (QED) is 0.929. The van der Waals surface area contributed by atoms with Crippen molar-refractivity contribution in [3.8, 4) is 0 Å². The maximum absolute atomic E-state index is 12.0. The summed E-state index contributed by atoms with van der Waals surface area (Å²) < 4.78 is 1.84. The summed E-state index contributed by atoms with van der Waals surface area (Å²) >= 11 is 0. The van der Waals surface area contributed by atoms with E-state index in [1.54, 1.807) is 0 Å². The second-order valence-electron chi connectivity index (χ2n) is 5.56. The molecule has 110 valence electrons. The van der Waals surface area contributed by atoms with Crippen molar-refractivity contribution in [2.75, 3.05) is 19.6 Å². The van der Waals surface area contributed by atoms with Gasteiger partial charge in [-0.05, 0) is 29.7 Å². The average molecular weight is 283 g/mol. The van der Waals surface area contributed by atoms with E-state index in [2.05, 4.69) is 34.5 Å². The zero-order valence-electron chi connectivity index (χ0n) is 12.4. The summed E-state index contributed by atoms with van der Waals surface area (Å²) in [5.41, 5.74) is 3.58. The van der Waals surface area contributed by atoms with E-state index >= 15 is 0 Å². The molecule has 0 spiro atoms. The molecule has 1 amide bonds. The largest absolute Gasteiger partial charge is 0.349 e. The van der Waals surface area contributed by atoms with Gasteiger partial charge in [0, 0.05) is 39.4 Å². The monoisotopic (exact) mass is 283 g/mol. The van der Waals surface area contributed by atoms with Crippen LogP contribution >= 0.6 is 0 Å². The lowest BCUT2D eigenvalue weighted by molar-refractivity contribution is 0.0939. The van der Waals surface area contributed by atoms with Crippen molar-refractivity contribution >= 4 is 5.91 Å². The highest BCUT2D eigenvalue weighted by Crippen LogP contribution is 2.17. The number of amides is 1. The number of nitrogens with one attached hydrogen (secondary N) is 1. The first-order chi connectivity index (χ1) is 10.2. The van der Waals surface area contributed by atoms with Gasteiger partial charge in [-0.2, -0.15) is 0 Å². The molecule has 21 heavy (non-hydrogen) atoms. The fraction of sp³-hybridized carbons (Fsp3) is 0.353. The van der Waals surface area contributed by atoms with Crippen molar-refractivity contribution < 1.29 is 4.79 Å². The number of nitrogens with zero attached hydrogens (tertiary/aromatic N) is 2. The number of aryl methyl sites for hydroxylation is 1. The molecule has 0 radical (unpaired) electrons. The van der Waals surface area contributed by atoms with Crippen molar-refractivity contribution in [1.82, 2.24) is 14.8 Å². The Morgan fingerprint density at radius 3 is 2.76 bits per heavy atom. The van der Waals surface area contributed by atoms with E-state index in [4.69, 9.17) is 0 Å². The van der Waals surface area contributed by atoms with Crippen LogP contribution in [0.25, 0.3) is 0 Å². The summed E-state index contributed by atoms with van der Waals surface area (Å²) in [6.45, 7) is 3.63. The summed E-state index contributed by atoms with van der Waals surface area (Å²) in [6, 6.07) is 12.3. The number of carbonyl (C=O) groups excluding carboxylic acids is 1. The topological polar surface area (TPSA) is 37.3 Å². The molecule has 0 aliphatic carbocycles. The first-order valence-corrected chi connectivity index (χ1v) is 7.43. The van der Waals surface area contributed by atoms with E-state index in [1.165, 1.54) is 11.1 Å². The van der Waals surface area contributed by atoms with Gasteiger partial charge in [-0.1, -0.05) is 24.3 Å². The Bertz CT molecular complexity index is 632. The fourth-order valence-corrected chi connectivity index (χ4v) is 2.86. The van der Waals surface area contributed by atoms with Crippen LogP contribution in [0.5, 0.6) is 0 Å². The standard InChI is InChI=1S/C17H21N3O/c1-19-10-4-7-16(19)17(21)18-9-12-20-11-8-14-5-2-3-6-15(14)13-20/h2-7,10H,8-9,11-13H2,1H3,(H,18,21). The molecule has 1 N–H and O–H groups in total. The highest BCUT2D eigenvalue weighted by Gasteiger charge is 2.15. The molecule has 4 nitrogen and oxygen atoms in total. The summed E-state index contributed by atoms with van der Waals surface area (Å²) in [4.78, 5) is 14.4. The second kappa shape index (κ2) is 6.14. The lowest BCUT2D eigenvalue weighted by Crippen LogP contribution is -2.38. The van der Waals surface area contributed by atoms with Gasteiger partial charge in [0.05, 0.1) is 0 Å². The molecule has 0 fully saturated rings. The Morgan fingerprint density at radius 2 is 2.00 bits per heavy atom. The number of benzene rings is 1. The van der Waals surface area contributed by atoms with Gasteiger partial charge < -0.3 is 9.88 Å². The number of carbonyl (C=O) groups is 1. The maximum atomic E-state index is 12.0. The Morgan fingerprint density at radius 1 is 1.19 bits per heavy atom. The first kappa shape index (κ1) is 13.9. The Labute approximate surface area is 125 Å². The molecule has 0 saturated heterocycles. The van der Waals surface area contributed by atoms with Crippen molar-refractivity contribution in [2.45, 2.75) is 13.0 Å². The SMILES string of the molecule is Cn1cccc1C(=O)NCCN1CCc2ccccc2C1. The van der Waals surface area contributed by atoms with Crippen LogP contribution in [0, 0.1) is 0 Å². The Kier molecular flexibility index (Phi) is 4.06. The lowest BCUT2D eigenvalue weighted by atomic mass is 10.00. The molecular formula is C17H21N3O. The lowest BCUT2D eigenvalue weighted by Gasteiger charge is -2.28. The van der Waals surface area contributed by atoms with Crippen molar-refractivity contribution in [1.29, 1.82) is 0 Å². The van der Waals surface area contributed by atoms with E-state index in [0.29, 0.717) is 12.2 Å². The van der Waals surface area contributed by atoms with Crippen LogP contribution in [0.15, 0.2) is 42.6 Å². The average Bonchev–Trinajstić information content (AvgIpc) is 2.93. The van der Waals surface area contributed by atoms with Crippen LogP contribution in [0.2, 0.25) is 0 Å². The number of rotatable bonds is 4. The van der Waals surface area contributed by atoms with Gasteiger partial charge in [0.1, 0.15) is 5.69 Å². The van der Waals surface area contributed by atoms with E-state index in [0.717, 1.165) is 26.1 Å². The third kappa shape index (κ3) is 3.16. The van der Waals surface area contributed by atoms with E-state index in [1.807, 2.05) is 29.9 Å². The molecule has 3 rings (SSSR count). The van der Waals surface area contributed by atoms with Crippen LogP contribution in [0.3, 0.4) is 0 Å². The highest BCUT2D eigenvalue weighted by molar-refractivity contribution is 5.92. The summed E-state index contributed by atoms with van der Waals surface area (Å²) in [7, 11) is 1.89. The Hall–Kier alpha value is -2.07. The molecule has 0 bridgehead atoms. The van der Waals surface area contributed by atoms with Crippen LogP contribution in [0.4, 0.5) is 0 Å². The summed E-state index contributed by atoms with van der Waals surface area (Å²) in [5.74, 6) is -0.0000837. The van der Waals surface area contributed by atoms with Gasteiger partial charge in [-0.25, -0.2) is 0 Å². The smallest absolute Gasteiger partial charge is 0.267 e. The molecule has 0 saturated carbocycles. The minimum absolute atomic E-state index is 0.0000837. The minimum Gasteiger partial charge on any atom is -0.349 e. The maximum Gasteiger partial charge on any atom is 0.267 e. The minimum atomic E-state index is -0.0000837. The van der Waals surface area contributed by atoms with Gasteiger partial charge in [-0.15, -0.1) is 0 Å². The summed E-state index contributed by atoms with van der Waals surface area (Å²) in [5, 5.41) is 3.00. The van der Waals surface area contributed by atoms with Gasteiger partial charge >= 0.3 is 0 Å². The van der Waals surface area contributed by atoms with E-state index in [-0.39, 0.29) is 5.91 Å². The first-order valence-electron chi connectivity index (χ1n) is 7.43. The van der Waals surface area contributed by atoms with Gasteiger partial charge in [0.25, 0.3) is 5.91 Å². The van der Waals surface area contributed by atoms with Crippen LogP contribution in [-0.2, 0) is 20.0 Å². The number of fused-ring (bicyclic) bond motifs is 1. The zero-order chi connectivity index (χ0) is 14.7. The van der Waals surface area contributed by atoms with Gasteiger partial charge in [0.15, 0.2) is 0 Å². The molecule has 1 aromatic carbocycles. The molecule has 2 aromatic rings. The molecule has 1 aliphatic rings. The predicted molar refractivity (Wildman–Crippen MR) is 83.2 cm³/mol. The molecule has 0 unspecified atom stereocenters. The normalized spacial score (nSPS) is 14.7. The van der Waals surface area contributed by atoms with Crippen LogP contribution in [-0.4, -0.2) is 35.0 Å². The Balaban J connectivity index is 1.49. The van der Waals surface area contributed by atoms with Crippen molar-refractivity contribution in [3.63, 3.8) is 0 Å². The number of aromatic nitrogens is 1. The van der Waals surface area contributed by atoms with Crippen molar-refractivity contribution in [2.24, 2.45) is 7.05 Å². The van der Waals surface area contributed by atoms with Crippen LogP contribution < -0.4 is 5.32 Å². The number of hydrogen-bond donors (Lipinski definition) is 1. The molecule has 1 aromatic heterocycles. The van der Waals surface area contributed by atoms with Gasteiger partial charge in [-0.3, -0.25) is 9.69 Å².